The Kier molecular flexibility index (Phi) is 5.74. The third-order valence-corrected chi connectivity index (χ3v) is 3.46. The maximum Gasteiger partial charge on any atom is 0.316 e. The minimum Gasteiger partial charge on any atom is -0.459 e. The Labute approximate surface area is 127 Å². The third-order valence-electron chi connectivity index (χ3n) is 2.43. The monoisotopic (exact) mass is 313 g/mol. The molecular formula is C14H19NO5S. The van der Waals surface area contributed by atoms with E-state index in [4.69, 9.17) is 4.74 Å². The number of benzene rings is 1. The second-order valence-corrected chi connectivity index (χ2v) is 6.55. The van der Waals surface area contributed by atoms with Crippen LogP contribution in [0.4, 0.5) is 5.69 Å². The van der Waals surface area contributed by atoms with Crippen molar-refractivity contribution >= 4 is 23.4 Å². The number of ether oxygens (including phenoxy) is 1. The van der Waals surface area contributed by atoms with Gasteiger partial charge in [0.05, 0.1) is 21.7 Å². The summed E-state index contributed by atoms with van der Waals surface area (Å²) in [5.41, 5.74) is -0.245. The summed E-state index contributed by atoms with van der Waals surface area (Å²) >= 11 is 1.05. The van der Waals surface area contributed by atoms with E-state index < -0.39 is 22.6 Å². The molecule has 0 heterocycles. The SMILES string of the molecule is C[C@@H](O)c1ccc(SCC(=O)OC(C)(C)C)c([N+](=O)[O-])c1. The van der Waals surface area contributed by atoms with E-state index in [-0.39, 0.29) is 11.4 Å². The highest BCUT2D eigenvalue weighted by atomic mass is 32.2. The summed E-state index contributed by atoms with van der Waals surface area (Å²) in [6.45, 7) is 6.81. The van der Waals surface area contributed by atoms with Crippen molar-refractivity contribution in [2.75, 3.05) is 5.75 Å². The second kappa shape index (κ2) is 6.91. The van der Waals surface area contributed by atoms with Gasteiger partial charge in [-0.3, -0.25) is 14.9 Å². The fourth-order valence-electron chi connectivity index (χ4n) is 1.57. The first-order valence-electron chi connectivity index (χ1n) is 6.41. The van der Waals surface area contributed by atoms with Gasteiger partial charge in [0, 0.05) is 6.07 Å². The van der Waals surface area contributed by atoms with Crippen LogP contribution in [0.2, 0.25) is 0 Å². The van der Waals surface area contributed by atoms with Crippen molar-refractivity contribution in [2.45, 2.75) is 44.3 Å². The smallest absolute Gasteiger partial charge is 0.316 e. The molecule has 1 aromatic carbocycles. The van der Waals surface area contributed by atoms with Crippen LogP contribution in [0.3, 0.4) is 0 Å². The Balaban J connectivity index is 2.84. The number of nitro groups is 1. The molecule has 0 aromatic heterocycles. The molecule has 0 amide bonds. The average molecular weight is 313 g/mol. The van der Waals surface area contributed by atoms with E-state index in [1.807, 2.05) is 0 Å². The van der Waals surface area contributed by atoms with E-state index in [1.165, 1.54) is 19.1 Å². The zero-order chi connectivity index (χ0) is 16.2. The Hall–Kier alpha value is -1.60. The summed E-state index contributed by atoms with van der Waals surface area (Å²) in [5.74, 6) is -0.437. The van der Waals surface area contributed by atoms with E-state index in [2.05, 4.69) is 0 Å². The number of thioether (sulfide) groups is 1. The predicted molar refractivity (Wildman–Crippen MR) is 80.3 cm³/mol. The molecule has 21 heavy (non-hydrogen) atoms. The second-order valence-electron chi connectivity index (χ2n) is 5.54. The molecule has 0 aliphatic rings. The molecule has 1 rings (SSSR count). The topological polar surface area (TPSA) is 89.7 Å². The lowest BCUT2D eigenvalue weighted by Crippen LogP contribution is -2.24. The van der Waals surface area contributed by atoms with Crippen LogP contribution in [-0.4, -0.2) is 27.4 Å². The van der Waals surface area contributed by atoms with Gasteiger partial charge < -0.3 is 9.84 Å². The maximum absolute atomic E-state index is 11.6. The molecule has 0 bridgehead atoms. The summed E-state index contributed by atoms with van der Waals surface area (Å²) < 4.78 is 5.15. The van der Waals surface area contributed by atoms with E-state index in [1.54, 1.807) is 26.8 Å². The van der Waals surface area contributed by atoms with E-state index in [9.17, 15) is 20.0 Å². The van der Waals surface area contributed by atoms with Gasteiger partial charge in [0.15, 0.2) is 0 Å². The summed E-state index contributed by atoms with van der Waals surface area (Å²) in [6.07, 6.45) is -0.784. The number of nitro benzene ring substituents is 1. The van der Waals surface area contributed by atoms with Crippen molar-refractivity contribution in [3.8, 4) is 0 Å². The summed E-state index contributed by atoms with van der Waals surface area (Å²) in [4.78, 5) is 22.5. The molecular weight excluding hydrogens is 294 g/mol. The summed E-state index contributed by atoms with van der Waals surface area (Å²) in [6, 6.07) is 4.46. The first-order valence-corrected chi connectivity index (χ1v) is 7.40. The van der Waals surface area contributed by atoms with Gasteiger partial charge in [-0.1, -0.05) is 6.07 Å². The minimum atomic E-state index is -0.784. The number of carbonyl (C=O) groups excluding carboxylic acids is 1. The van der Waals surface area contributed by atoms with Gasteiger partial charge in [-0.05, 0) is 39.3 Å². The number of aliphatic hydroxyl groups excluding tert-OH is 1. The van der Waals surface area contributed by atoms with Crippen molar-refractivity contribution < 1.29 is 19.6 Å². The van der Waals surface area contributed by atoms with Crippen LogP contribution in [0, 0.1) is 10.1 Å². The number of hydrogen-bond donors (Lipinski definition) is 1. The number of rotatable bonds is 5. The zero-order valence-corrected chi connectivity index (χ0v) is 13.3. The van der Waals surface area contributed by atoms with E-state index in [0.717, 1.165) is 11.8 Å². The lowest BCUT2D eigenvalue weighted by atomic mass is 10.1. The highest BCUT2D eigenvalue weighted by Gasteiger charge is 2.20. The van der Waals surface area contributed by atoms with Crippen molar-refractivity contribution in [3.63, 3.8) is 0 Å². The van der Waals surface area contributed by atoms with Gasteiger partial charge in [0.1, 0.15) is 5.60 Å². The van der Waals surface area contributed by atoms with Gasteiger partial charge in [0.2, 0.25) is 0 Å². The number of hydrogen-bond acceptors (Lipinski definition) is 6. The lowest BCUT2D eigenvalue weighted by molar-refractivity contribution is -0.387. The van der Waals surface area contributed by atoms with E-state index >= 15 is 0 Å². The van der Waals surface area contributed by atoms with Crippen LogP contribution in [0.25, 0.3) is 0 Å². The van der Waals surface area contributed by atoms with Crippen molar-refractivity contribution in [2.24, 2.45) is 0 Å². The average Bonchev–Trinajstić information content (AvgIpc) is 2.33. The molecule has 0 fully saturated rings. The van der Waals surface area contributed by atoms with Crippen molar-refractivity contribution in [1.82, 2.24) is 0 Å². The van der Waals surface area contributed by atoms with Gasteiger partial charge >= 0.3 is 5.97 Å². The molecule has 0 aliphatic heterocycles. The van der Waals surface area contributed by atoms with Crippen LogP contribution in [0.1, 0.15) is 39.4 Å². The van der Waals surface area contributed by atoms with Gasteiger partial charge in [-0.2, -0.15) is 0 Å². The van der Waals surface area contributed by atoms with E-state index in [0.29, 0.717) is 10.5 Å². The molecule has 7 heteroatoms. The molecule has 116 valence electrons. The van der Waals surface area contributed by atoms with Crippen molar-refractivity contribution in [3.05, 3.63) is 33.9 Å². The zero-order valence-electron chi connectivity index (χ0n) is 12.5. The first-order chi connectivity index (χ1) is 9.60. The molecule has 1 N–H and O–H groups in total. The predicted octanol–water partition coefficient (Wildman–Crippen LogP) is 3.08. The molecule has 1 atom stereocenters. The fourth-order valence-corrected chi connectivity index (χ4v) is 2.34. The van der Waals surface area contributed by atoms with Gasteiger partial charge in [-0.25, -0.2) is 0 Å². The fraction of sp³-hybridized carbons (Fsp3) is 0.500. The molecule has 6 nitrogen and oxygen atoms in total. The molecule has 0 aliphatic carbocycles. The number of carbonyl (C=O) groups is 1. The molecule has 0 radical (unpaired) electrons. The number of nitrogens with zero attached hydrogens (tertiary/aromatic N) is 1. The third kappa shape index (κ3) is 5.73. The Morgan fingerprint density at radius 2 is 2.10 bits per heavy atom. The van der Waals surface area contributed by atoms with Gasteiger partial charge in [0.25, 0.3) is 5.69 Å². The van der Waals surface area contributed by atoms with Crippen LogP contribution >= 0.6 is 11.8 Å². The van der Waals surface area contributed by atoms with Crippen molar-refractivity contribution in [1.29, 1.82) is 0 Å². The van der Waals surface area contributed by atoms with Gasteiger partial charge in [-0.15, -0.1) is 11.8 Å². The molecule has 0 saturated carbocycles. The molecule has 0 spiro atoms. The molecule has 1 aromatic rings. The van der Waals surface area contributed by atoms with Crippen LogP contribution in [0.15, 0.2) is 23.1 Å². The minimum absolute atomic E-state index is 0.00780. The molecule has 0 unspecified atom stereocenters. The number of esters is 1. The Morgan fingerprint density at radius 3 is 2.57 bits per heavy atom. The Morgan fingerprint density at radius 1 is 1.48 bits per heavy atom. The standard InChI is InChI=1S/C14H19NO5S/c1-9(16)10-5-6-12(11(7-10)15(18)19)21-8-13(17)20-14(2,3)4/h5-7,9,16H,8H2,1-4H3/t9-/m1/s1. The summed E-state index contributed by atoms with van der Waals surface area (Å²) in [7, 11) is 0. The molecule has 0 saturated heterocycles. The maximum atomic E-state index is 11.6. The highest BCUT2D eigenvalue weighted by molar-refractivity contribution is 8.00. The first kappa shape index (κ1) is 17.5. The number of aliphatic hydroxyl groups is 1. The summed E-state index contributed by atoms with van der Waals surface area (Å²) in [5, 5.41) is 20.5. The van der Waals surface area contributed by atoms with Crippen LogP contribution in [0.5, 0.6) is 0 Å². The Bertz CT molecular complexity index is 537. The van der Waals surface area contributed by atoms with Crippen LogP contribution in [-0.2, 0) is 9.53 Å². The van der Waals surface area contributed by atoms with Crippen LogP contribution < -0.4 is 0 Å². The lowest BCUT2D eigenvalue weighted by Gasteiger charge is -2.19. The normalized spacial score (nSPS) is 12.8. The highest BCUT2D eigenvalue weighted by Crippen LogP contribution is 2.32. The largest absolute Gasteiger partial charge is 0.459 e. The quantitative estimate of drug-likeness (QED) is 0.389.